The van der Waals surface area contributed by atoms with Crippen molar-refractivity contribution in [2.45, 2.75) is 0 Å². The number of methoxy groups -OCH3 is 1. The average molecular weight is 228 g/mol. The summed E-state index contributed by atoms with van der Waals surface area (Å²) in [6.45, 7) is 0. The molecule has 17 heavy (non-hydrogen) atoms. The summed E-state index contributed by atoms with van der Waals surface area (Å²) in [5, 5.41) is 18.8. The van der Waals surface area contributed by atoms with E-state index >= 15 is 0 Å². The van der Waals surface area contributed by atoms with E-state index in [1.165, 1.54) is 0 Å². The molecule has 3 nitrogen and oxygen atoms in total. The van der Waals surface area contributed by atoms with Gasteiger partial charge in [-0.2, -0.15) is 0 Å². The fraction of sp³-hybridized carbons (Fsp3) is 0.0769. The molecule has 0 bridgehead atoms. The van der Waals surface area contributed by atoms with Gasteiger partial charge in [-0.05, 0) is 28.7 Å². The standard InChI is InChI=1S/C13H13BO3/c1-17-11-7-8-12(13(9-11)14(15)16)10-5-3-2-4-6-10/h2-9,15-16H,1H3. The van der Waals surface area contributed by atoms with E-state index < -0.39 is 7.12 Å². The Hall–Kier alpha value is -1.78. The lowest BCUT2D eigenvalue weighted by Gasteiger charge is -2.11. The maximum absolute atomic E-state index is 9.39. The summed E-state index contributed by atoms with van der Waals surface area (Å²) in [5.41, 5.74) is 2.18. The molecular weight excluding hydrogens is 215 g/mol. The van der Waals surface area contributed by atoms with E-state index in [2.05, 4.69) is 0 Å². The maximum Gasteiger partial charge on any atom is 0.489 e. The molecule has 0 aliphatic rings. The molecule has 0 aromatic heterocycles. The van der Waals surface area contributed by atoms with Gasteiger partial charge in [0.25, 0.3) is 0 Å². The molecule has 2 aromatic carbocycles. The van der Waals surface area contributed by atoms with Crippen LogP contribution in [0.25, 0.3) is 11.1 Å². The molecule has 0 fully saturated rings. The molecule has 0 amide bonds. The van der Waals surface area contributed by atoms with Crippen molar-refractivity contribution < 1.29 is 14.8 Å². The fourth-order valence-electron chi connectivity index (χ4n) is 1.76. The SMILES string of the molecule is COc1ccc(-c2ccccc2)c(B(O)O)c1. The van der Waals surface area contributed by atoms with E-state index in [1.54, 1.807) is 19.2 Å². The summed E-state index contributed by atoms with van der Waals surface area (Å²) >= 11 is 0. The predicted octanol–water partition coefficient (Wildman–Crippen LogP) is 1.04. The van der Waals surface area contributed by atoms with Crippen molar-refractivity contribution in [3.63, 3.8) is 0 Å². The molecule has 2 rings (SSSR count). The first-order valence-corrected chi connectivity index (χ1v) is 5.32. The van der Waals surface area contributed by atoms with Crippen molar-refractivity contribution in [3.8, 4) is 16.9 Å². The zero-order valence-electron chi connectivity index (χ0n) is 9.50. The highest BCUT2D eigenvalue weighted by atomic mass is 16.5. The van der Waals surface area contributed by atoms with Crippen molar-refractivity contribution in [2.75, 3.05) is 7.11 Å². The Morgan fingerprint density at radius 3 is 2.29 bits per heavy atom. The smallest absolute Gasteiger partial charge is 0.489 e. The Kier molecular flexibility index (Phi) is 3.47. The number of hydrogen-bond donors (Lipinski definition) is 2. The highest BCUT2D eigenvalue weighted by Gasteiger charge is 2.17. The average Bonchev–Trinajstić information content (AvgIpc) is 2.39. The van der Waals surface area contributed by atoms with Gasteiger partial charge >= 0.3 is 7.12 Å². The Labute approximate surface area is 100 Å². The summed E-state index contributed by atoms with van der Waals surface area (Å²) < 4.78 is 5.07. The van der Waals surface area contributed by atoms with Crippen LogP contribution >= 0.6 is 0 Å². The minimum atomic E-state index is -1.51. The van der Waals surface area contributed by atoms with Gasteiger partial charge < -0.3 is 14.8 Å². The molecule has 0 spiro atoms. The van der Waals surface area contributed by atoms with Crippen LogP contribution in [0.2, 0.25) is 0 Å². The molecule has 2 aromatic rings. The van der Waals surface area contributed by atoms with Crippen LogP contribution in [0, 0.1) is 0 Å². The highest BCUT2D eigenvalue weighted by Crippen LogP contribution is 2.20. The lowest BCUT2D eigenvalue weighted by molar-refractivity contribution is 0.412. The van der Waals surface area contributed by atoms with Gasteiger partial charge in [-0.25, -0.2) is 0 Å². The van der Waals surface area contributed by atoms with E-state index in [0.717, 1.165) is 11.1 Å². The maximum atomic E-state index is 9.39. The van der Waals surface area contributed by atoms with Crippen LogP contribution in [0.5, 0.6) is 5.75 Å². The third kappa shape index (κ3) is 2.49. The van der Waals surface area contributed by atoms with Crippen LogP contribution in [-0.2, 0) is 0 Å². The van der Waals surface area contributed by atoms with Crippen molar-refractivity contribution in [2.24, 2.45) is 0 Å². The molecule has 0 saturated carbocycles. The number of rotatable bonds is 3. The van der Waals surface area contributed by atoms with Crippen LogP contribution in [0.15, 0.2) is 48.5 Å². The summed E-state index contributed by atoms with van der Waals surface area (Å²) in [6, 6.07) is 14.8. The summed E-state index contributed by atoms with van der Waals surface area (Å²) in [6.07, 6.45) is 0. The first-order valence-electron chi connectivity index (χ1n) is 5.32. The van der Waals surface area contributed by atoms with Crippen molar-refractivity contribution in [1.82, 2.24) is 0 Å². The topological polar surface area (TPSA) is 49.7 Å². The van der Waals surface area contributed by atoms with Gasteiger partial charge in [-0.3, -0.25) is 0 Å². The Bertz CT molecular complexity index is 497. The van der Waals surface area contributed by atoms with E-state index in [1.807, 2.05) is 36.4 Å². The largest absolute Gasteiger partial charge is 0.497 e. The molecule has 0 radical (unpaired) electrons. The summed E-state index contributed by atoms with van der Waals surface area (Å²) in [4.78, 5) is 0. The molecule has 4 heteroatoms. The molecule has 0 unspecified atom stereocenters. The third-order valence-electron chi connectivity index (χ3n) is 2.62. The lowest BCUT2D eigenvalue weighted by Crippen LogP contribution is -2.31. The van der Waals surface area contributed by atoms with E-state index in [0.29, 0.717) is 11.2 Å². The van der Waals surface area contributed by atoms with E-state index in [4.69, 9.17) is 4.74 Å². The Balaban J connectivity index is 2.54. The van der Waals surface area contributed by atoms with Crippen molar-refractivity contribution in [1.29, 1.82) is 0 Å². The van der Waals surface area contributed by atoms with Gasteiger partial charge in [0.15, 0.2) is 0 Å². The lowest BCUT2D eigenvalue weighted by atomic mass is 9.75. The monoisotopic (exact) mass is 228 g/mol. The van der Waals surface area contributed by atoms with Gasteiger partial charge in [-0.1, -0.05) is 36.4 Å². The zero-order chi connectivity index (χ0) is 12.3. The fourth-order valence-corrected chi connectivity index (χ4v) is 1.76. The minimum absolute atomic E-state index is 0.440. The Morgan fingerprint density at radius 2 is 1.71 bits per heavy atom. The number of hydrogen-bond acceptors (Lipinski definition) is 3. The molecule has 0 atom stereocenters. The molecule has 86 valence electrons. The number of benzene rings is 2. The second kappa shape index (κ2) is 5.04. The van der Waals surface area contributed by atoms with Crippen molar-refractivity contribution in [3.05, 3.63) is 48.5 Å². The van der Waals surface area contributed by atoms with Crippen molar-refractivity contribution >= 4 is 12.6 Å². The zero-order valence-corrected chi connectivity index (χ0v) is 9.50. The normalized spacial score (nSPS) is 10.1. The van der Waals surface area contributed by atoms with Crippen LogP contribution < -0.4 is 10.2 Å². The molecule has 2 N–H and O–H groups in total. The first kappa shape index (κ1) is 11.7. The molecule has 0 aliphatic heterocycles. The van der Waals surface area contributed by atoms with Crippen LogP contribution in [0.1, 0.15) is 0 Å². The van der Waals surface area contributed by atoms with Crippen LogP contribution in [0.4, 0.5) is 0 Å². The molecule has 0 heterocycles. The first-order chi connectivity index (χ1) is 8.22. The van der Waals surface area contributed by atoms with Crippen LogP contribution in [-0.4, -0.2) is 24.3 Å². The summed E-state index contributed by atoms with van der Waals surface area (Å²) in [7, 11) is 0.0331. The van der Waals surface area contributed by atoms with Crippen LogP contribution in [0.3, 0.4) is 0 Å². The van der Waals surface area contributed by atoms with Gasteiger partial charge in [0.1, 0.15) is 5.75 Å². The Morgan fingerprint density at radius 1 is 1.00 bits per heavy atom. The third-order valence-corrected chi connectivity index (χ3v) is 2.62. The molecule has 0 aliphatic carbocycles. The quantitative estimate of drug-likeness (QED) is 0.771. The number of ether oxygens (including phenoxy) is 1. The van der Waals surface area contributed by atoms with E-state index in [-0.39, 0.29) is 0 Å². The van der Waals surface area contributed by atoms with Gasteiger partial charge in [0, 0.05) is 0 Å². The van der Waals surface area contributed by atoms with Gasteiger partial charge in [0.2, 0.25) is 0 Å². The van der Waals surface area contributed by atoms with Gasteiger partial charge in [0.05, 0.1) is 7.11 Å². The second-order valence-corrected chi connectivity index (χ2v) is 3.69. The summed E-state index contributed by atoms with van der Waals surface area (Å²) in [5.74, 6) is 0.604. The highest BCUT2D eigenvalue weighted by molar-refractivity contribution is 6.60. The van der Waals surface area contributed by atoms with E-state index in [9.17, 15) is 10.0 Å². The predicted molar refractivity (Wildman–Crippen MR) is 68.3 cm³/mol. The molecule has 0 saturated heterocycles. The molecular formula is C13H13BO3. The minimum Gasteiger partial charge on any atom is -0.497 e. The van der Waals surface area contributed by atoms with Gasteiger partial charge in [-0.15, -0.1) is 0 Å². The second-order valence-electron chi connectivity index (χ2n) is 3.69.